The average molecular weight is 345 g/mol. The molecule has 1 unspecified atom stereocenters. The van der Waals surface area contributed by atoms with Crippen LogP contribution in [0.15, 0.2) is 24.3 Å². The van der Waals surface area contributed by atoms with Gasteiger partial charge >= 0.3 is 6.03 Å². The molecule has 0 saturated carbocycles. The molecule has 4 amide bonds. The van der Waals surface area contributed by atoms with Crippen LogP contribution in [0.2, 0.25) is 0 Å². The van der Waals surface area contributed by atoms with E-state index in [1.54, 1.807) is 11.8 Å². The van der Waals surface area contributed by atoms with Gasteiger partial charge in [-0.05, 0) is 32.8 Å². The Morgan fingerprint density at radius 2 is 1.84 bits per heavy atom. The molecule has 25 heavy (non-hydrogen) atoms. The fourth-order valence-electron chi connectivity index (χ4n) is 2.97. The van der Waals surface area contributed by atoms with Gasteiger partial charge in [0.2, 0.25) is 5.91 Å². The van der Waals surface area contributed by atoms with Crippen LogP contribution in [0, 0.1) is 6.92 Å². The Bertz CT molecular complexity index is 656. The number of benzene rings is 1. The van der Waals surface area contributed by atoms with Gasteiger partial charge in [-0.15, -0.1) is 0 Å². The first kappa shape index (κ1) is 19.0. The fourth-order valence-corrected chi connectivity index (χ4v) is 2.97. The number of urea groups is 1. The number of aryl methyl sites for hydroxylation is 1. The van der Waals surface area contributed by atoms with Crippen LogP contribution in [-0.4, -0.2) is 47.3 Å². The quantitative estimate of drug-likeness (QED) is 0.772. The molecule has 1 aliphatic rings. The Balaban J connectivity index is 2.15. The number of hydrogen-bond donors (Lipinski definition) is 1. The van der Waals surface area contributed by atoms with E-state index in [9.17, 15) is 14.4 Å². The third-order valence-electron chi connectivity index (χ3n) is 4.71. The second kappa shape index (κ2) is 7.68. The van der Waals surface area contributed by atoms with Crippen LogP contribution in [-0.2, 0) is 15.1 Å². The summed E-state index contributed by atoms with van der Waals surface area (Å²) in [5, 5.41) is 2.74. The molecule has 0 bridgehead atoms. The normalized spacial score (nSPS) is 19.9. The summed E-state index contributed by atoms with van der Waals surface area (Å²) in [4.78, 5) is 40.4. The molecule has 1 aromatic rings. The Morgan fingerprint density at radius 3 is 2.40 bits per heavy atom. The minimum absolute atomic E-state index is 0.201. The first-order valence-corrected chi connectivity index (χ1v) is 8.82. The third-order valence-corrected chi connectivity index (χ3v) is 4.71. The van der Waals surface area contributed by atoms with Crippen LogP contribution >= 0.6 is 0 Å². The number of carbonyl (C=O) groups excluding carboxylic acids is 3. The monoisotopic (exact) mass is 345 g/mol. The summed E-state index contributed by atoms with van der Waals surface area (Å²) >= 11 is 0. The number of unbranched alkanes of at least 4 members (excludes halogenated alkanes) is 1. The molecule has 1 heterocycles. The SMILES string of the molecule is CCCCN(CC)C(=O)CN1C(=O)NC(C)(c2ccc(C)cc2)C1=O. The standard InChI is InChI=1S/C19H27N3O3/c1-5-7-12-21(6-2)16(23)13-22-17(24)19(4,20-18(22)25)15-10-8-14(3)9-11-15/h8-11H,5-7,12-13H2,1-4H3,(H,20,25). The molecule has 1 atom stereocenters. The number of carbonyl (C=O) groups is 3. The van der Waals surface area contributed by atoms with Gasteiger partial charge in [0.1, 0.15) is 12.1 Å². The Labute approximate surface area is 149 Å². The number of nitrogens with zero attached hydrogens (tertiary/aromatic N) is 2. The fraction of sp³-hybridized carbons (Fsp3) is 0.526. The van der Waals surface area contributed by atoms with E-state index in [2.05, 4.69) is 12.2 Å². The maximum atomic E-state index is 12.9. The van der Waals surface area contributed by atoms with Crippen LogP contribution in [0.25, 0.3) is 0 Å². The Morgan fingerprint density at radius 1 is 1.20 bits per heavy atom. The highest BCUT2D eigenvalue weighted by atomic mass is 16.2. The molecule has 1 aromatic carbocycles. The van der Waals surface area contributed by atoms with Crippen molar-refractivity contribution in [1.82, 2.24) is 15.1 Å². The van der Waals surface area contributed by atoms with Crippen LogP contribution in [0.4, 0.5) is 4.79 Å². The van der Waals surface area contributed by atoms with Crippen LogP contribution in [0.5, 0.6) is 0 Å². The van der Waals surface area contributed by atoms with Gasteiger partial charge in [-0.25, -0.2) is 4.79 Å². The van der Waals surface area contributed by atoms with E-state index in [1.807, 2.05) is 38.1 Å². The number of rotatable bonds is 7. The summed E-state index contributed by atoms with van der Waals surface area (Å²) in [5.74, 6) is -0.589. The van der Waals surface area contributed by atoms with E-state index in [0.29, 0.717) is 18.7 Å². The summed E-state index contributed by atoms with van der Waals surface area (Å²) in [6.07, 6.45) is 1.89. The van der Waals surface area contributed by atoms with Crippen molar-refractivity contribution in [2.75, 3.05) is 19.6 Å². The number of likely N-dealkylation sites (N-methyl/N-ethyl adjacent to an activating group) is 1. The lowest BCUT2D eigenvalue weighted by Gasteiger charge is -2.24. The molecule has 0 aliphatic carbocycles. The maximum Gasteiger partial charge on any atom is 0.325 e. The molecule has 2 rings (SSSR count). The highest BCUT2D eigenvalue weighted by Gasteiger charge is 2.49. The van der Waals surface area contributed by atoms with Gasteiger partial charge in [0.05, 0.1) is 0 Å². The molecule has 1 aliphatic heterocycles. The van der Waals surface area contributed by atoms with Crippen molar-refractivity contribution in [3.8, 4) is 0 Å². The number of nitrogens with one attached hydrogen (secondary N) is 1. The molecule has 0 aromatic heterocycles. The zero-order chi connectivity index (χ0) is 18.6. The zero-order valence-electron chi connectivity index (χ0n) is 15.5. The summed E-state index contributed by atoms with van der Waals surface area (Å²) in [6.45, 7) is 8.59. The molecule has 6 nitrogen and oxygen atoms in total. The maximum absolute atomic E-state index is 12.9. The topological polar surface area (TPSA) is 69.7 Å². The summed E-state index contributed by atoms with van der Waals surface area (Å²) in [5.41, 5.74) is 0.654. The zero-order valence-corrected chi connectivity index (χ0v) is 15.5. The van der Waals surface area contributed by atoms with E-state index in [1.165, 1.54) is 0 Å². The molecular formula is C19H27N3O3. The van der Waals surface area contributed by atoms with E-state index in [-0.39, 0.29) is 18.4 Å². The molecule has 6 heteroatoms. The van der Waals surface area contributed by atoms with Crippen molar-refractivity contribution in [2.24, 2.45) is 0 Å². The number of imide groups is 1. The largest absolute Gasteiger partial charge is 0.341 e. The van der Waals surface area contributed by atoms with E-state index in [0.717, 1.165) is 23.3 Å². The van der Waals surface area contributed by atoms with Crippen molar-refractivity contribution >= 4 is 17.8 Å². The van der Waals surface area contributed by atoms with E-state index >= 15 is 0 Å². The first-order chi connectivity index (χ1) is 11.8. The third kappa shape index (κ3) is 3.83. The predicted octanol–water partition coefficient (Wildman–Crippen LogP) is 2.41. The van der Waals surface area contributed by atoms with Crippen LogP contribution in [0.3, 0.4) is 0 Å². The van der Waals surface area contributed by atoms with Crippen molar-refractivity contribution in [3.63, 3.8) is 0 Å². The minimum Gasteiger partial charge on any atom is -0.341 e. The van der Waals surface area contributed by atoms with Crippen LogP contribution in [0.1, 0.15) is 44.7 Å². The Hall–Kier alpha value is -2.37. The van der Waals surface area contributed by atoms with Gasteiger partial charge in [0.15, 0.2) is 0 Å². The highest BCUT2D eigenvalue weighted by Crippen LogP contribution is 2.29. The molecule has 136 valence electrons. The summed E-state index contributed by atoms with van der Waals surface area (Å²) in [7, 11) is 0. The molecule has 0 radical (unpaired) electrons. The molecular weight excluding hydrogens is 318 g/mol. The van der Waals surface area contributed by atoms with Gasteiger partial charge in [-0.3, -0.25) is 14.5 Å². The second-order valence-electron chi connectivity index (χ2n) is 6.64. The lowest BCUT2D eigenvalue weighted by atomic mass is 9.91. The van der Waals surface area contributed by atoms with Crippen molar-refractivity contribution < 1.29 is 14.4 Å². The van der Waals surface area contributed by atoms with Crippen molar-refractivity contribution in [2.45, 2.75) is 46.1 Å². The lowest BCUT2D eigenvalue weighted by Crippen LogP contribution is -2.44. The lowest BCUT2D eigenvalue weighted by molar-refractivity contribution is -0.138. The minimum atomic E-state index is -1.13. The van der Waals surface area contributed by atoms with Crippen molar-refractivity contribution in [3.05, 3.63) is 35.4 Å². The van der Waals surface area contributed by atoms with Crippen LogP contribution < -0.4 is 5.32 Å². The summed E-state index contributed by atoms with van der Waals surface area (Å²) in [6, 6.07) is 6.94. The van der Waals surface area contributed by atoms with Gasteiger partial charge in [-0.1, -0.05) is 43.2 Å². The van der Waals surface area contributed by atoms with Gasteiger partial charge in [-0.2, -0.15) is 0 Å². The average Bonchev–Trinajstić information content (AvgIpc) is 2.80. The van der Waals surface area contributed by atoms with Gasteiger partial charge < -0.3 is 10.2 Å². The Kier molecular flexibility index (Phi) is 5.82. The highest BCUT2D eigenvalue weighted by molar-refractivity contribution is 6.09. The molecule has 0 spiro atoms. The molecule has 1 fully saturated rings. The van der Waals surface area contributed by atoms with Crippen molar-refractivity contribution in [1.29, 1.82) is 0 Å². The van der Waals surface area contributed by atoms with Gasteiger partial charge in [0, 0.05) is 13.1 Å². The number of hydrogen-bond acceptors (Lipinski definition) is 3. The smallest absolute Gasteiger partial charge is 0.325 e. The first-order valence-electron chi connectivity index (χ1n) is 8.82. The van der Waals surface area contributed by atoms with E-state index in [4.69, 9.17) is 0 Å². The molecule has 1 saturated heterocycles. The molecule has 1 N–H and O–H groups in total. The summed E-state index contributed by atoms with van der Waals surface area (Å²) < 4.78 is 0. The predicted molar refractivity (Wildman–Crippen MR) is 95.9 cm³/mol. The van der Waals surface area contributed by atoms with E-state index < -0.39 is 11.6 Å². The number of amides is 4. The second-order valence-corrected chi connectivity index (χ2v) is 6.64. The van der Waals surface area contributed by atoms with Gasteiger partial charge in [0.25, 0.3) is 5.91 Å².